The average Bonchev–Trinajstić information content (AvgIpc) is 3.19. The number of carbonyl (C=O) groups is 2. The minimum Gasteiger partial charge on any atom is -0.467 e. The maximum absolute atomic E-state index is 12.4. The Labute approximate surface area is 157 Å². The van der Waals surface area contributed by atoms with E-state index in [1.54, 1.807) is 43.2 Å². The predicted octanol–water partition coefficient (Wildman–Crippen LogP) is 1.59. The SMILES string of the molecule is CCOC(=O)N1CCN(c2cc(C(=O)NCc3ccco3)nc(C)n2)CC1. The van der Waals surface area contributed by atoms with Crippen molar-refractivity contribution in [2.45, 2.75) is 20.4 Å². The lowest BCUT2D eigenvalue weighted by Crippen LogP contribution is -2.49. The third kappa shape index (κ3) is 4.75. The van der Waals surface area contributed by atoms with Crippen molar-refractivity contribution in [1.82, 2.24) is 20.2 Å². The van der Waals surface area contributed by atoms with E-state index in [4.69, 9.17) is 9.15 Å². The third-order valence-electron chi connectivity index (χ3n) is 4.19. The number of piperazine rings is 1. The summed E-state index contributed by atoms with van der Waals surface area (Å²) in [6.45, 7) is 6.51. The van der Waals surface area contributed by atoms with Gasteiger partial charge < -0.3 is 24.3 Å². The second-order valence-corrected chi connectivity index (χ2v) is 6.09. The zero-order valence-electron chi connectivity index (χ0n) is 15.5. The lowest BCUT2D eigenvalue weighted by molar-refractivity contribution is 0.0942. The zero-order valence-corrected chi connectivity index (χ0v) is 15.5. The van der Waals surface area contributed by atoms with Gasteiger partial charge in [0.15, 0.2) is 0 Å². The van der Waals surface area contributed by atoms with E-state index in [9.17, 15) is 9.59 Å². The average molecular weight is 373 g/mol. The van der Waals surface area contributed by atoms with Gasteiger partial charge in [0.25, 0.3) is 5.91 Å². The molecule has 27 heavy (non-hydrogen) atoms. The van der Waals surface area contributed by atoms with E-state index in [1.165, 1.54) is 0 Å². The highest BCUT2D eigenvalue weighted by Crippen LogP contribution is 2.16. The third-order valence-corrected chi connectivity index (χ3v) is 4.19. The van der Waals surface area contributed by atoms with Crippen LogP contribution in [-0.4, -0.2) is 59.7 Å². The number of carbonyl (C=O) groups excluding carboxylic acids is 2. The molecule has 0 saturated carbocycles. The standard InChI is InChI=1S/C18H23N5O4/c1-3-26-18(25)23-8-6-22(7-9-23)16-11-15(20-13(2)21-16)17(24)19-12-14-5-4-10-27-14/h4-5,10-11H,3,6-9,12H2,1-2H3,(H,19,24). The van der Waals surface area contributed by atoms with Crippen LogP contribution < -0.4 is 10.2 Å². The van der Waals surface area contributed by atoms with E-state index in [0.29, 0.717) is 62.4 Å². The molecule has 1 fully saturated rings. The molecule has 0 spiro atoms. The summed E-state index contributed by atoms with van der Waals surface area (Å²) in [6.07, 6.45) is 1.26. The van der Waals surface area contributed by atoms with Gasteiger partial charge in [0.1, 0.15) is 23.1 Å². The minimum absolute atomic E-state index is 0.289. The molecule has 0 unspecified atom stereocenters. The molecule has 0 aromatic carbocycles. The number of hydrogen-bond acceptors (Lipinski definition) is 7. The van der Waals surface area contributed by atoms with Gasteiger partial charge in [-0.05, 0) is 26.0 Å². The van der Waals surface area contributed by atoms with Crippen LogP contribution in [0, 0.1) is 6.92 Å². The van der Waals surface area contributed by atoms with Crippen LogP contribution in [0.2, 0.25) is 0 Å². The van der Waals surface area contributed by atoms with Crippen molar-refractivity contribution in [2.75, 3.05) is 37.7 Å². The number of anilines is 1. The molecule has 2 aromatic rings. The number of nitrogens with zero attached hydrogens (tertiary/aromatic N) is 4. The number of aryl methyl sites for hydroxylation is 1. The lowest BCUT2D eigenvalue weighted by atomic mass is 10.3. The van der Waals surface area contributed by atoms with Crippen molar-refractivity contribution >= 4 is 17.8 Å². The van der Waals surface area contributed by atoms with E-state index in [0.717, 1.165) is 0 Å². The highest BCUT2D eigenvalue weighted by Gasteiger charge is 2.23. The molecule has 2 amide bonds. The Morgan fingerprint density at radius 2 is 2.04 bits per heavy atom. The molecule has 0 bridgehead atoms. The number of aromatic nitrogens is 2. The molecule has 9 heteroatoms. The first-order valence-corrected chi connectivity index (χ1v) is 8.89. The molecule has 1 saturated heterocycles. The molecular weight excluding hydrogens is 350 g/mol. The van der Waals surface area contributed by atoms with Crippen LogP contribution in [0.15, 0.2) is 28.9 Å². The quantitative estimate of drug-likeness (QED) is 0.849. The molecule has 1 aliphatic heterocycles. The smallest absolute Gasteiger partial charge is 0.409 e. The van der Waals surface area contributed by atoms with Crippen molar-refractivity contribution < 1.29 is 18.7 Å². The Hall–Kier alpha value is -3.10. The van der Waals surface area contributed by atoms with Crippen molar-refractivity contribution in [1.29, 1.82) is 0 Å². The monoisotopic (exact) mass is 373 g/mol. The largest absolute Gasteiger partial charge is 0.467 e. The highest BCUT2D eigenvalue weighted by molar-refractivity contribution is 5.92. The summed E-state index contributed by atoms with van der Waals surface area (Å²) < 4.78 is 10.2. The molecule has 1 aliphatic rings. The fourth-order valence-electron chi connectivity index (χ4n) is 2.83. The number of ether oxygens (including phenoxy) is 1. The maximum atomic E-state index is 12.4. The molecule has 2 aromatic heterocycles. The van der Waals surface area contributed by atoms with Gasteiger partial charge in [-0.15, -0.1) is 0 Å². The van der Waals surface area contributed by atoms with E-state index in [-0.39, 0.29) is 12.0 Å². The van der Waals surface area contributed by atoms with Crippen LogP contribution in [0.4, 0.5) is 10.6 Å². The molecule has 1 N–H and O–H groups in total. The molecular formula is C18H23N5O4. The van der Waals surface area contributed by atoms with Crippen molar-refractivity contribution in [3.8, 4) is 0 Å². The van der Waals surface area contributed by atoms with E-state index < -0.39 is 0 Å². The number of nitrogens with one attached hydrogen (secondary N) is 1. The van der Waals surface area contributed by atoms with E-state index in [1.807, 2.05) is 4.90 Å². The van der Waals surface area contributed by atoms with Crippen LogP contribution in [0.3, 0.4) is 0 Å². The van der Waals surface area contributed by atoms with Crippen molar-refractivity contribution in [3.63, 3.8) is 0 Å². The molecule has 3 rings (SSSR count). The maximum Gasteiger partial charge on any atom is 0.409 e. The number of rotatable bonds is 5. The van der Waals surface area contributed by atoms with Gasteiger partial charge in [0, 0.05) is 32.2 Å². The predicted molar refractivity (Wildman–Crippen MR) is 97.5 cm³/mol. The summed E-state index contributed by atoms with van der Waals surface area (Å²) in [6, 6.07) is 5.23. The zero-order chi connectivity index (χ0) is 19.2. The Morgan fingerprint density at radius 1 is 1.26 bits per heavy atom. The fraction of sp³-hybridized carbons (Fsp3) is 0.444. The second-order valence-electron chi connectivity index (χ2n) is 6.09. The molecule has 9 nitrogen and oxygen atoms in total. The van der Waals surface area contributed by atoms with E-state index >= 15 is 0 Å². The van der Waals surface area contributed by atoms with Crippen LogP contribution in [-0.2, 0) is 11.3 Å². The number of furan rings is 1. The summed E-state index contributed by atoms with van der Waals surface area (Å²) >= 11 is 0. The molecule has 0 aliphatic carbocycles. The number of hydrogen-bond donors (Lipinski definition) is 1. The Morgan fingerprint density at radius 3 is 2.70 bits per heavy atom. The first-order chi connectivity index (χ1) is 13.1. The molecule has 144 valence electrons. The molecule has 3 heterocycles. The van der Waals surface area contributed by atoms with Crippen molar-refractivity contribution in [2.24, 2.45) is 0 Å². The normalized spacial score (nSPS) is 14.1. The first kappa shape index (κ1) is 18.7. The molecule has 0 radical (unpaired) electrons. The van der Waals surface area contributed by atoms with Gasteiger partial charge in [0.2, 0.25) is 0 Å². The number of amides is 2. The Kier molecular flexibility index (Phi) is 5.90. The summed E-state index contributed by atoms with van der Waals surface area (Å²) in [7, 11) is 0. The lowest BCUT2D eigenvalue weighted by Gasteiger charge is -2.34. The first-order valence-electron chi connectivity index (χ1n) is 8.89. The van der Waals surface area contributed by atoms with Gasteiger partial charge in [-0.3, -0.25) is 4.79 Å². The van der Waals surface area contributed by atoms with Crippen LogP contribution in [0.1, 0.15) is 29.0 Å². The highest BCUT2D eigenvalue weighted by atomic mass is 16.6. The van der Waals surface area contributed by atoms with Crippen LogP contribution in [0.5, 0.6) is 0 Å². The topological polar surface area (TPSA) is 101 Å². The summed E-state index contributed by atoms with van der Waals surface area (Å²) in [4.78, 5) is 36.6. The van der Waals surface area contributed by atoms with Gasteiger partial charge in [-0.25, -0.2) is 14.8 Å². The Balaban J connectivity index is 1.63. The van der Waals surface area contributed by atoms with Gasteiger partial charge in [0.05, 0.1) is 19.4 Å². The minimum atomic E-state index is -0.297. The summed E-state index contributed by atoms with van der Waals surface area (Å²) in [5, 5.41) is 2.78. The fourth-order valence-corrected chi connectivity index (χ4v) is 2.83. The van der Waals surface area contributed by atoms with Gasteiger partial charge >= 0.3 is 6.09 Å². The summed E-state index contributed by atoms with van der Waals surface area (Å²) in [5.74, 6) is 1.57. The second kappa shape index (κ2) is 8.52. The van der Waals surface area contributed by atoms with Crippen LogP contribution in [0.25, 0.3) is 0 Å². The van der Waals surface area contributed by atoms with Crippen LogP contribution >= 0.6 is 0 Å². The van der Waals surface area contributed by atoms with E-state index in [2.05, 4.69) is 15.3 Å². The van der Waals surface area contributed by atoms with Gasteiger partial charge in [-0.2, -0.15) is 0 Å². The summed E-state index contributed by atoms with van der Waals surface area (Å²) in [5.41, 5.74) is 0.303. The molecule has 0 atom stereocenters. The van der Waals surface area contributed by atoms with Gasteiger partial charge in [-0.1, -0.05) is 0 Å². The van der Waals surface area contributed by atoms with Crippen molar-refractivity contribution in [3.05, 3.63) is 41.7 Å². The Bertz CT molecular complexity index is 785.